The quantitative estimate of drug-likeness (QED) is 0.608. The van der Waals surface area contributed by atoms with Gasteiger partial charge in [-0.15, -0.1) is 0 Å². The van der Waals surface area contributed by atoms with E-state index in [1.165, 1.54) is 0 Å². The first-order valence-corrected chi connectivity index (χ1v) is 7.83. The fourth-order valence-corrected chi connectivity index (χ4v) is 2.91. The Morgan fingerprint density at radius 1 is 0.565 bits per heavy atom. The van der Waals surface area contributed by atoms with E-state index in [0.717, 1.165) is 16.7 Å². The summed E-state index contributed by atoms with van der Waals surface area (Å²) in [5, 5.41) is 20.0. The molecule has 0 unspecified atom stereocenters. The van der Waals surface area contributed by atoms with Crippen LogP contribution >= 0.6 is 23.2 Å². The zero-order chi connectivity index (χ0) is 16.4. The number of phenols is 2. The van der Waals surface area contributed by atoms with Gasteiger partial charge in [0.2, 0.25) is 0 Å². The summed E-state index contributed by atoms with van der Waals surface area (Å²) < 4.78 is 0. The lowest BCUT2D eigenvalue weighted by Gasteiger charge is -2.19. The molecule has 2 N–H and O–H groups in total. The molecule has 0 saturated heterocycles. The van der Waals surface area contributed by atoms with Crippen LogP contribution in [0.2, 0.25) is 10.0 Å². The molecular weight excluding hydrogens is 331 g/mol. The van der Waals surface area contributed by atoms with Crippen LogP contribution in [-0.4, -0.2) is 10.2 Å². The molecular formula is C19H14Cl2O2. The molecule has 0 saturated carbocycles. The molecule has 0 atom stereocenters. The monoisotopic (exact) mass is 344 g/mol. The SMILES string of the molecule is Oc1ccc(C(c2ccc(O)cc2)c2ccc(Cl)c(Cl)c2)cc1. The lowest BCUT2D eigenvalue weighted by molar-refractivity contribution is 0.475. The van der Waals surface area contributed by atoms with Gasteiger partial charge in [-0.05, 0) is 53.1 Å². The van der Waals surface area contributed by atoms with Crippen LogP contribution in [0.25, 0.3) is 0 Å². The molecule has 0 aromatic heterocycles. The van der Waals surface area contributed by atoms with Crippen LogP contribution < -0.4 is 0 Å². The first-order valence-electron chi connectivity index (χ1n) is 7.07. The Morgan fingerprint density at radius 2 is 1.00 bits per heavy atom. The number of aromatic hydroxyl groups is 2. The normalized spacial score (nSPS) is 10.9. The van der Waals surface area contributed by atoms with E-state index in [9.17, 15) is 10.2 Å². The molecule has 0 amide bonds. The highest BCUT2D eigenvalue weighted by atomic mass is 35.5. The lowest BCUT2D eigenvalue weighted by Crippen LogP contribution is -2.03. The summed E-state index contributed by atoms with van der Waals surface area (Å²) in [6, 6.07) is 19.6. The highest BCUT2D eigenvalue weighted by Crippen LogP contribution is 2.36. The van der Waals surface area contributed by atoms with Crippen molar-refractivity contribution in [1.82, 2.24) is 0 Å². The average Bonchev–Trinajstić information content (AvgIpc) is 2.55. The molecule has 0 radical (unpaired) electrons. The zero-order valence-corrected chi connectivity index (χ0v) is 13.6. The predicted octanol–water partition coefficient (Wildman–Crippen LogP) is 5.58. The van der Waals surface area contributed by atoms with Crippen molar-refractivity contribution in [1.29, 1.82) is 0 Å². The number of hydrogen-bond acceptors (Lipinski definition) is 2. The molecule has 0 aliphatic carbocycles. The van der Waals surface area contributed by atoms with Gasteiger partial charge in [0, 0.05) is 5.92 Å². The largest absolute Gasteiger partial charge is 0.508 e. The molecule has 0 heterocycles. The third kappa shape index (κ3) is 3.44. The summed E-state index contributed by atoms with van der Waals surface area (Å²) in [6.07, 6.45) is 0. The van der Waals surface area contributed by atoms with Crippen molar-refractivity contribution in [2.75, 3.05) is 0 Å². The van der Waals surface area contributed by atoms with Crippen LogP contribution in [0.4, 0.5) is 0 Å². The van der Waals surface area contributed by atoms with E-state index in [0.29, 0.717) is 10.0 Å². The van der Waals surface area contributed by atoms with Crippen LogP contribution in [0, 0.1) is 0 Å². The topological polar surface area (TPSA) is 40.5 Å². The lowest BCUT2D eigenvalue weighted by atomic mass is 9.85. The fraction of sp³-hybridized carbons (Fsp3) is 0.0526. The minimum Gasteiger partial charge on any atom is -0.508 e. The molecule has 23 heavy (non-hydrogen) atoms. The third-order valence-corrected chi connectivity index (χ3v) is 4.47. The Labute approximate surface area is 144 Å². The summed E-state index contributed by atoms with van der Waals surface area (Å²) in [7, 11) is 0. The van der Waals surface area contributed by atoms with E-state index >= 15 is 0 Å². The van der Waals surface area contributed by atoms with Crippen LogP contribution in [0.1, 0.15) is 22.6 Å². The molecule has 4 heteroatoms. The number of rotatable bonds is 3. The van der Waals surface area contributed by atoms with Gasteiger partial charge in [-0.1, -0.05) is 53.5 Å². The van der Waals surface area contributed by atoms with Crippen LogP contribution in [-0.2, 0) is 0 Å². The molecule has 2 nitrogen and oxygen atoms in total. The first-order chi connectivity index (χ1) is 11.0. The average molecular weight is 345 g/mol. The Balaban J connectivity index is 2.14. The van der Waals surface area contributed by atoms with E-state index in [2.05, 4.69) is 0 Å². The second-order valence-corrected chi connectivity index (χ2v) is 6.10. The number of hydrogen-bond donors (Lipinski definition) is 2. The molecule has 3 aromatic carbocycles. The maximum absolute atomic E-state index is 9.52. The molecule has 0 aliphatic rings. The minimum absolute atomic E-state index is 0.0778. The molecule has 0 aliphatic heterocycles. The summed E-state index contributed by atoms with van der Waals surface area (Å²) >= 11 is 12.2. The van der Waals surface area contributed by atoms with Crippen molar-refractivity contribution >= 4 is 23.2 Å². The van der Waals surface area contributed by atoms with Crippen LogP contribution in [0.5, 0.6) is 11.5 Å². The fourth-order valence-electron chi connectivity index (χ4n) is 2.60. The predicted molar refractivity (Wildman–Crippen MR) is 93.6 cm³/mol. The first kappa shape index (κ1) is 15.7. The van der Waals surface area contributed by atoms with Crippen molar-refractivity contribution in [2.24, 2.45) is 0 Å². The summed E-state index contributed by atoms with van der Waals surface area (Å²) in [4.78, 5) is 0. The van der Waals surface area contributed by atoms with Gasteiger partial charge in [0.25, 0.3) is 0 Å². The van der Waals surface area contributed by atoms with Crippen molar-refractivity contribution < 1.29 is 10.2 Å². The minimum atomic E-state index is -0.0778. The van der Waals surface area contributed by atoms with Gasteiger partial charge >= 0.3 is 0 Å². The maximum Gasteiger partial charge on any atom is 0.115 e. The molecule has 0 fully saturated rings. The maximum atomic E-state index is 9.52. The number of halogens is 2. The summed E-state index contributed by atoms with van der Waals surface area (Å²) in [5.74, 6) is 0.352. The van der Waals surface area contributed by atoms with E-state index in [-0.39, 0.29) is 17.4 Å². The second kappa shape index (κ2) is 6.53. The van der Waals surface area contributed by atoms with E-state index in [1.54, 1.807) is 30.3 Å². The third-order valence-electron chi connectivity index (χ3n) is 3.73. The van der Waals surface area contributed by atoms with Crippen molar-refractivity contribution in [3.05, 3.63) is 93.5 Å². The van der Waals surface area contributed by atoms with Gasteiger partial charge < -0.3 is 10.2 Å². The smallest absolute Gasteiger partial charge is 0.115 e. The molecule has 0 spiro atoms. The summed E-state index contributed by atoms with van der Waals surface area (Å²) in [6.45, 7) is 0. The van der Waals surface area contributed by atoms with Crippen molar-refractivity contribution in [3.63, 3.8) is 0 Å². The Hall–Kier alpha value is -2.16. The van der Waals surface area contributed by atoms with Gasteiger partial charge in [0.15, 0.2) is 0 Å². The van der Waals surface area contributed by atoms with Crippen LogP contribution in [0.3, 0.4) is 0 Å². The second-order valence-electron chi connectivity index (χ2n) is 5.29. The molecule has 3 aromatic rings. The van der Waals surface area contributed by atoms with Gasteiger partial charge in [-0.25, -0.2) is 0 Å². The van der Waals surface area contributed by atoms with Gasteiger partial charge in [0.05, 0.1) is 10.0 Å². The van der Waals surface area contributed by atoms with Gasteiger partial charge in [-0.2, -0.15) is 0 Å². The standard InChI is InChI=1S/C19H14Cl2O2/c20-17-10-5-14(11-18(17)21)19(12-1-6-15(22)7-2-12)13-3-8-16(23)9-4-13/h1-11,19,22-23H. The Morgan fingerprint density at radius 3 is 1.43 bits per heavy atom. The zero-order valence-electron chi connectivity index (χ0n) is 12.1. The molecule has 3 rings (SSSR count). The van der Waals surface area contributed by atoms with Gasteiger partial charge in [-0.3, -0.25) is 0 Å². The highest BCUT2D eigenvalue weighted by molar-refractivity contribution is 6.42. The number of phenolic OH excluding ortho intramolecular Hbond substituents is 2. The number of benzene rings is 3. The van der Waals surface area contributed by atoms with Crippen molar-refractivity contribution in [3.8, 4) is 11.5 Å². The van der Waals surface area contributed by atoms with Gasteiger partial charge in [0.1, 0.15) is 11.5 Å². The van der Waals surface area contributed by atoms with E-state index < -0.39 is 0 Å². The highest BCUT2D eigenvalue weighted by Gasteiger charge is 2.18. The van der Waals surface area contributed by atoms with Crippen LogP contribution in [0.15, 0.2) is 66.7 Å². The Kier molecular flexibility index (Phi) is 4.46. The van der Waals surface area contributed by atoms with Crippen molar-refractivity contribution in [2.45, 2.75) is 5.92 Å². The molecule has 116 valence electrons. The Bertz CT molecular complexity index is 766. The summed E-state index contributed by atoms with van der Waals surface area (Å²) in [5.41, 5.74) is 2.99. The van der Waals surface area contributed by atoms with E-state index in [4.69, 9.17) is 23.2 Å². The van der Waals surface area contributed by atoms with E-state index in [1.807, 2.05) is 36.4 Å². The molecule has 0 bridgehead atoms.